The molecule has 4 rings (SSSR count). The molecule has 162 valence electrons. The second-order valence-corrected chi connectivity index (χ2v) is 10.3. The van der Waals surface area contributed by atoms with Crippen LogP contribution in [0.2, 0.25) is 0 Å². The number of nitrogens with one attached hydrogen (secondary N) is 1. The lowest BCUT2D eigenvalue weighted by atomic mass is 9.95. The molecule has 4 heterocycles. The highest BCUT2D eigenvalue weighted by molar-refractivity contribution is 7.86. The molecule has 0 bridgehead atoms. The summed E-state index contributed by atoms with van der Waals surface area (Å²) in [5.74, 6) is 0.964. The number of pyridine rings is 1. The van der Waals surface area contributed by atoms with Crippen molar-refractivity contribution in [1.82, 2.24) is 28.5 Å². The molecule has 2 aromatic rings. The van der Waals surface area contributed by atoms with E-state index in [1.54, 1.807) is 0 Å². The Morgan fingerprint density at radius 2 is 1.87 bits per heavy atom. The van der Waals surface area contributed by atoms with Crippen LogP contribution in [-0.4, -0.2) is 70.6 Å². The first-order valence-electron chi connectivity index (χ1n) is 10.3. The minimum Gasteiger partial charge on any atom is -0.310 e. The van der Waals surface area contributed by atoms with Crippen LogP contribution in [-0.2, 0) is 29.7 Å². The summed E-state index contributed by atoms with van der Waals surface area (Å²) in [6.45, 7) is 3.21. The van der Waals surface area contributed by atoms with Crippen molar-refractivity contribution in [3.8, 4) is 0 Å². The fraction of sp³-hybridized carbons (Fsp3) is 0.550. The van der Waals surface area contributed by atoms with Crippen LogP contribution in [0.1, 0.15) is 41.4 Å². The fourth-order valence-corrected chi connectivity index (χ4v) is 5.23. The molecule has 1 N–H and O–H groups in total. The summed E-state index contributed by atoms with van der Waals surface area (Å²) in [5.41, 5.74) is 2.23. The van der Waals surface area contributed by atoms with Gasteiger partial charge in [0, 0.05) is 58.5 Å². The maximum absolute atomic E-state index is 12.7. The molecule has 30 heavy (non-hydrogen) atoms. The molecular formula is C20H28N6O3S. The van der Waals surface area contributed by atoms with Crippen LogP contribution < -0.4 is 5.56 Å². The van der Waals surface area contributed by atoms with Crippen molar-refractivity contribution in [3.05, 3.63) is 57.5 Å². The minimum absolute atomic E-state index is 0.0723. The predicted octanol–water partition coefficient (Wildman–Crippen LogP) is 0.709. The van der Waals surface area contributed by atoms with Gasteiger partial charge >= 0.3 is 0 Å². The van der Waals surface area contributed by atoms with E-state index in [2.05, 4.69) is 14.9 Å². The highest BCUT2D eigenvalue weighted by Crippen LogP contribution is 2.27. The van der Waals surface area contributed by atoms with Gasteiger partial charge in [0.1, 0.15) is 5.82 Å². The molecule has 0 amide bonds. The molecule has 0 aromatic carbocycles. The van der Waals surface area contributed by atoms with E-state index in [-0.39, 0.29) is 18.0 Å². The smallest absolute Gasteiger partial charge is 0.281 e. The Kier molecular flexibility index (Phi) is 6.01. The van der Waals surface area contributed by atoms with E-state index in [0.29, 0.717) is 18.5 Å². The highest BCUT2D eigenvalue weighted by Gasteiger charge is 2.32. The van der Waals surface area contributed by atoms with Crippen molar-refractivity contribution in [2.75, 3.05) is 33.7 Å². The molecule has 0 saturated carbocycles. The number of H-pyrrole nitrogens is 1. The van der Waals surface area contributed by atoms with Gasteiger partial charge in [-0.25, -0.2) is 4.98 Å². The molecular weight excluding hydrogens is 404 g/mol. The lowest BCUT2D eigenvalue weighted by Gasteiger charge is -2.32. The average molecular weight is 433 g/mol. The predicted molar refractivity (Wildman–Crippen MR) is 113 cm³/mol. The number of rotatable bonds is 5. The van der Waals surface area contributed by atoms with Gasteiger partial charge in [-0.15, -0.1) is 0 Å². The van der Waals surface area contributed by atoms with Gasteiger partial charge in [-0.3, -0.25) is 14.7 Å². The van der Waals surface area contributed by atoms with Crippen LogP contribution in [0.4, 0.5) is 0 Å². The van der Waals surface area contributed by atoms with E-state index in [4.69, 9.17) is 4.98 Å². The summed E-state index contributed by atoms with van der Waals surface area (Å²) in [4.78, 5) is 26.9. The van der Waals surface area contributed by atoms with Gasteiger partial charge in [-0.2, -0.15) is 17.0 Å². The highest BCUT2D eigenvalue weighted by atomic mass is 32.2. The summed E-state index contributed by atoms with van der Waals surface area (Å²) >= 11 is 0. The first-order chi connectivity index (χ1) is 14.3. The first kappa shape index (κ1) is 21.1. The van der Waals surface area contributed by atoms with E-state index < -0.39 is 10.2 Å². The molecule has 9 nitrogen and oxygen atoms in total. The maximum atomic E-state index is 12.7. The van der Waals surface area contributed by atoms with Crippen molar-refractivity contribution in [2.45, 2.75) is 38.3 Å². The minimum atomic E-state index is -3.55. The van der Waals surface area contributed by atoms with Gasteiger partial charge in [0.05, 0.1) is 11.3 Å². The number of aromatic nitrogens is 3. The molecule has 2 aromatic heterocycles. The summed E-state index contributed by atoms with van der Waals surface area (Å²) in [5, 5.41) is 0. The third-order valence-electron chi connectivity index (χ3n) is 5.97. The average Bonchev–Trinajstić information content (AvgIpc) is 2.74. The number of fused-ring (bicyclic) bond motifs is 1. The fourth-order valence-electron chi connectivity index (χ4n) is 4.15. The van der Waals surface area contributed by atoms with Crippen molar-refractivity contribution in [2.24, 2.45) is 0 Å². The number of hydrogen-bond acceptors (Lipinski definition) is 6. The Hall–Kier alpha value is -2.14. The Morgan fingerprint density at radius 3 is 2.53 bits per heavy atom. The Morgan fingerprint density at radius 1 is 1.17 bits per heavy atom. The van der Waals surface area contributed by atoms with Crippen LogP contribution in [0.3, 0.4) is 0 Å². The zero-order chi connectivity index (χ0) is 21.3. The molecule has 2 aliphatic heterocycles. The number of hydrogen-bond donors (Lipinski definition) is 1. The normalized spacial score (nSPS) is 19.2. The first-order valence-corrected chi connectivity index (χ1v) is 11.6. The molecule has 1 fully saturated rings. The van der Waals surface area contributed by atoms with Gasteiger partial charge in [0.15, 0.2) is 0 Å². The quantitative estimate of drug-likeness (QED) is 0.747. The molecule has 2 aliphatic rings. The molecule has 0 aliphatic carbocycles. The lowest BCUT2D eigenvalue weighted by molar-refractivity contribution is 0.201. The zero-order valence-electron chi connectivity index (χ0n) is 17.4. The summed E-state index contributed by atoms with van der Waals surface area (Å²) in [7, 11) is -0.550. The van der Waals surface area contributed by atoms with Crippen molar-refractivity contribution in [3.63, 3.8) is 0 Å². The third kappa shape index (κ3) is 4.31. The third-order valence-corrected chi connectivity index (χ3v) is 7.86. The summed E-state index contributed by atoms with van der Waals surface area (Å²) in [6, 6.07) is 4.07. The van der Waals surface area contributed by atoms with Crippen LogP contribution in [0.5, 0.6) is 0 Å². The largest absolute Gasteiger partial charge is 0.310 e. The summed E-state index contributed by atoms with van der Waals surface area (Å²) in [6.07, 6.45) is 5.96. The Labute approximate surface area is 176 Å². The monoisotopic (exact) mass is 432 g/mol. The number of aromatic amines is 1. The maximum Gasteiger partial charge on any atom is 0.281 e. The number of nitrogens with zero attached hydrogens (tertiary/aromatic N) is 5. The Bertz CT molecular complexity index is 1050. The van der Waals surface area contributed by atoms with E-state index in [0.717, 1.165) is 44.0 Å². The molecule has 10 heteroatoms. The van der Waals surface area contributed by atoms with Gasteiger partial charge in [0.2, 0.25) is 0 Å². The van der Waals surface area contributed by atoms with Crippen LogP contribution in [0.15, 0.2) is 29.3 Å². The van der Waals surface area contributed by atoms with Crippen molar-refractivity contribution >= 4 is 10.2 Å². The van der Waals surface area contributed by atoms with E-state index in [9.17, 15) is 13.2 Å². The van der Waals surface area contributed by atoms with E-state index in [1.165, 1.54) is 28.3 Å². The molecule has 1 saturated heterocycles. The van der Waals surface area contributed by atoms with Crippen LogP contribution in [0.25, 0.3) is 0 Å². The van der Waals surface area contributed by atoms with Gasteiger partial charge < -0.3 is 4.98 Å². The molecule has 0 atom stereocenters. The standard InChI is InChI=1S/C20H28N6O3S/c1-24(2)30(28,29)26-12-7-18-17(14-26)20(27)23-19(22-18)16-5-10-25(11-6-16)13-15-3-8-21-9-4-15/h3-4,8-9,16H,5-7,10-14H2,1-2H3,(H,22,23,27). The summed E-state index contributed by atoms with van der Waals surface area (Å²) < 4.78 is 27.3. The van der Waals surface area contributed by atoms with Gasteiger partial charge in [-0.05, 0) is 43.6 Å². The lowest BCUT2D eigenvalue weighted by Crippen LogP contribution is -2.45. The SMILES string of the molecule is CN(C)S(=O)(=O)N1CCc2nc(C3CCN(Cc4ccncc4)CC3)[nH]c(=O)c2C1. The molecule has 0 unspecified atom stereocenters. The van der Waals surface area contributed by atoms with Crippen molar-refractivity contribution in [1.29, 1.82) is 0 Å². The van der Waals surface area contributed by atoms with Gasteiger partial charge in [0.25, 0.3) is 15.8 Å². The second-order valence-electron chi connectivity index (χ2n) is 8.16. The van der Waals surface area contributed by atoms with Crippen LogP contribution in [0, 0.1) is 0 Å². The number of piperidine rings is 1. The molecule has 0 radical (unpaired) electrons. The zero-order valence-corrected chi connectivity index (χ0v) is 18.2. The molecule has 0 spiro atoms. The van der Waals surface area contributed by atoms with Crippen molar-refractivity contribution < 1.29 is 8.42 Å². The Balaban J connectivity index is 1.44. The number of likely N-dealkylation sites (tertiary alicyclic amines) is 1. The van der Waals surface area contributed by atoms with Crippen LogP contribution >= 0.6 is 0 Å². The van der Waals surface area contributed by atoms with Gasteiger partial charge in [-0.1, -0.05) is 0 Å². The van der Waals surface area contributed by atoms with E-state index >= 15 is 0 Å². The topological polar surface area (TPSA) is 102 Å². The van der Waals surface area contributed by atoms with E-state index in [1.807, 2.05) is 24.5 Å². The second kappa shape index (κ2) is 8.54.